The third-order valence-corrected chi connectivity index (χ3v) is 2.77. The van der Waals surface area contributed by atoms with Gasteiger partial charge >= 0.3 is 5.91 Å². The van der Waals surface area contributed by atoms with Crippen LogP contribution in [0.2, 0.25) is 5.02 Å². The molecule has 7 nitrogen and oxygen atoms in total. The van der Waals surface area contributed by atoms with Gasteiger partial charge < -0.3 is 4.42 Å². The normalized spacial score (nSPS) is 10.3. The van der Waals surface area contributed by atoms with Gasteiger partial charge in [-0.05, 0) is 18.2 Å². The fraction of sp³-hybridized carbons (Fsp3) is 0.0833. The number of hydrogen-bond acceptors (Lipinski definition) is 5. The summed E-state index contributed by atoms with van der Waals surface area (Å²) in [6.07, 6.45) is 0. The number of benzene rings is 1. The maximum atomic E-state index is 11.5. The second kappa shape index (κ2) is 5.72. The minimum atomic E-state index is -0.546. The van der Waals surface area contributed by atoms with Gasteiger partial charge in [0.25, 0.3) is 5.69 Å². The molecule has 1 aromatic heterocycles. The SMILES string of the molecule is CONC(=O)c1ccc(-c2ccc([N+](=O)[O-])cc2Cl)o1. The van der Waals surface area contributed by atoms with E-state index < -0.39 is 10.8 Å². The summed E-state index contributed by atoms with van der Waals surface area (Å²) in [6.45, 7) is 0. The Morgan fingerprint density at radius 3 is 2.75 bits per heavy atom. The van der Waals surface area contributed by atoms with Crippen molar-refractivity contribution in [1.29, 1.82) is 0 Å². The molecule has 1 aromatic carbocycles. The van der Waals surface area contributed by atoms with Crippen molar-refractivity contribution < 1.29 is 19.0 Å². The molecule has 1 amide bonds. The Kier molecular flexibility index (Phi) is 4.02. The van der Waals surface area contributed by atoms with E-state index in [1.54, 1.807) is 0 Å². The molecule has 0 spiro atoms. The lowest BCUT2D eigenvalue weighted by Gasteiger charge is -2.01. The van der Waals surface area contributed by atoms with E-state index in [9.17, 15) is 14.9 Å². The molecule has 0 atom stereocenters. The van der Waals surface area contributed by atoms with Gasteiger partial charge in [0.2, 0.25) is 0 Å². The van der Waals surface area contributed by atoms with Crippen molar-refractivity contribution in [2.45, 2.75) is 0 Å². The van der Waals surface area contributed by atoms with Gasteiger partial charge in [-0.25, -0.2) is 5.48 Å². The van der Waals surface area contributed by atoms with Crippen molar-refractivity contribution in [3.63, 3.8) is 0 Å². The number of amides is 1. The maximum absolute atomic E-state index is 11.5. The van der Waals surface area contributed by atoms with Crippen molar-refractivity contribution in [2.24, 2.45) is 0 Å². The second-order valence-corrected chi connectivity index (χ2v) is 4.13. The molecule has 0 fully saturated rings. The van der Waals surface area contributed by atoms with E-state index in [4.69, 9.17) is 16.0 Å². The van der Waals surface area contributed by atoms with Gasteiger partial charge in [0.15, 0.2) is 5.76 Å². The minimum Gasteiger partial charge on any atom is -0.451 e. The third kappa shape index (κ3) is 2.79. The molecule has 0 aliphatic carbocycles. The topological polar surface area (TPSA) is 94.6 Å². The number of nitro benzene ring substituents is 1. The molecule has 8 heteroatoms. The number of nitrogens with one attached hydrogen (secondary N) is 1. The number of nitro groups is 1. The first-order chi connectivity index (χ1) is 9.52. The van der Waals surface area contributed by atoms with Crippen LogP contribution >= 0.6 is 11.6 Å². The van der Waals surface area contributed by atoms with E-state index in [2.05, 4.69) is 10.3 Å². The molecule has 0 bridgehead atoms. The van der Waals surface area contributed by atoms with Crippen molar-refractivity contribution in [1.82, 2.24) is 5.48 Å². The highest BCUT2D eigenvalue weighted by atomic mass is 35.5. The number of non-ortho nitro benzene ring substituents is 1. The molecule has 0 aliphatic heterocycles. The standard InChI is InChI=1S/C12H9ClN2O5/c1-19-14-12(16)11-5-4-10(20-11)8-3-2-7(15(17)18)6-9(8)13/h2-6H,1H3,(H,14,16). The van der Waals surface area contributed by atoms with Crippen molar-refractivity contribution in [3.8, 4) is 11.3 Å². The van der Waals surface area contributed by atoms with Gasteiger partial charge in [0.1, 0.15) is 5.76 Å². The smallest absolute Gasteiger partial charge is 0.310 e. The first-order valence-electron chi connectivity index (χ1n) is 5.40. The second-order valence-electron chi connectivity index (χ2n) is 3.72. The Labute approximate surface area is 118 Å². The summed E-state index contributed by atoms with van der Waals surface area (Å²) >= 11 is 5.97. The minimum absolute atomic E-state index is 0.0382. The van der Waals surface area contributed by atoms with Crippen LogP contribution in [0.5, 0.6) is 0 Å². The molecule has 0 unspecified atom stereocenters. The first kappa shape index (κ1) is 14.0. The highest BCUT2D eigenvalue weighted by molar-refractivity contribution is 6.33. The fourth-order valence-electron chi connectivity index (χ4n) is 1.57. The Morgan fingerprint density at radius 2 is 2.15 bits per heavy atom. The Balaban J connectivity index is 2.33. The number of hydroxylamine groups is 1. The number of carbonyl (C=O) groups is 1. The Hall–Kier alpha value is -2.38. The monoisotopic (exact) mass is 296 g/mol. The molecule has 1 N–H and O–H groups in total. The Bertz CT molecular complexity index is 668. The average Bonchev–Trinajstić information content (AvgIpc) is 2.88. The molecular weight excluding hydrogens is 288 g/mol. The van der Waals surface area contributed by atoms with Crippen LogP contribution in [0.15, 0.2) is 34.7 Å². The van der Waals surface area contributed by atoms with Gasteiger partial charge in [0.05, 0.1) is 17.1 Å². The van der Waals surface area contributed by atoms with E-state index in [1.165, 1.54) is 37.4 Å². The molecular formula is C12H9ClN2O5. The summed E-state index contributed by atoms with van der Waals surface area (Å²) in [5.74, 6) is -0.181. The summed E-state index contributed by atoms with van der Waals surface area (Å²) in [5.41, 5.74) is 2.44. The van der Waals surface area contributed by atoms with Gasteiger partial charge in [-0.1, -0.05) is 11.6 Å². The van der Waals surface area contributed by atoms with Crippen LogP contribution in [-0.4, -0.2) is 17.9 Å². The van der Waals surface area contributed by atoms with Crippen molar-refractivity contribution in [2.75, 3.05) is 7.11 Å². The summed E-state index contributed by atoms with van der Waals surface area (Å²) in [6, 6.07) is 6.96. The molecule has 104 valence electrons. The van der Waals surface area contributed by atoms with Gasteiger partial charge in [-0.15, -0.1) is 0 Å². The molecule has 20 heavy (non-hydrogen) atoms. The van der Waals surface area contributed by atoms with Gasteiger partial charge in [-0.2, -0.15) is 0 Å². The summed E-state index contributed by atoms with van der Waals surface area (Å²) in [5, 5.41) is 10.8. The molecule has 0 saturated heterocycles. The average molecular weight is 297 g/mol. The highest BCUT2D eigenvalue weighted by Gasteiger charge is 2.16. The van der Waals surface area contributed by atoms with Crippen molar-refractivity contribution >= 4 is 23.2 Å². The zero-order valence-corrected chi connectivity index (χ0v) is 11.0. The van der Waals surface area contributed by atoms with E-state index in [-0.39, 0.29) is 16.5 Å². The van der Waals surface area contributed by atoms with Gasteiger partial charge in [0, 0.05) is 17.7 Å². The lowest BCUT2D eigenvalue weighted by atomic mass is 10.1. The molecule has 2 aromatic rings. The Morgan fingerprint density at radius 1 is 1.40 bits per heavy atom. The fourth-order valence-corrected chi connectivity index (χ4v) is 1.83. The predicted octanol–water partition coefficient (Wildman–Crippen LogP) is 2.80. The van der Waals surface area contributed by atoms with E-state index in [1.807, 2.05) is 0 Å². The van der Waals surface area contributed by atoms with Crippen LogP contribution in [0.4, 0.5) is 5.69 Å². The lowest BCUT2D eigenvalue weighted by Crippen LogP contribution is -2.20. The number of halogens is 1. The number of rotatable bonds is 4. The third-order valence-electron chi connectivity index (χ3n) is 2.45. The number of carbonyl (C=O) groups excluding carboxylic acids is 1. The van der Waals surface area contributed by atoms with E-state index >= 15 is 0 Å². The maximum Gasteiger partial charge on any atom is 0.310 e. The summed E-state index contributed by atoms with van der Waals surface area (Å²) in [4.78, 5) is 26.0. The highest BCUT2D eigenvalue weighted by Crippen LogP contribution is 2.32. The van der Waals surface area contributed by atoms with Crippen LogP contribution in [0.25, 0.3) is 11.3 Å². The number of nitrogens with zero attached hydrogens (tertiary/aromatic N) is 1. The van der Waals surface area contributed by atoms with Gasteiger partial charge in [-0.3, -0.25) is 19.7 Å². The van der Waals surface area contributed by atoms with Crippen molar-refractivity contribution in [3.05, 3.63) is 51.2 Å². The van der Waals surface area contributed by atoms with Crippen LogP contribution in [0.3, 0.4) is 0 Å². The first-order valence-corrected chi connectivity index (χ1v) is 5.78. The van der Waals surface area contributed by atoms with Crippen LogP contribution in [-0.2, 0) is 4.84 Å². The zero-order chi connectivity index (χ0) is 14.7. The number of hydrogen-bond donors (Lipinski definition) is 1. The molecule has 0 aliphatic rings. The molecule has 2 rings (SSSR count). The van der Waals surface area contributed by atoms with E-state index in [0.29, 0.717) is 11.3 Å². The molecule has 0 saturated carbocycles. The quantitative estimate of drug-likeness (QED) is 0.691. The lowest BCUT2D eigenvalue weighted by molar-refractivity contribution is -0.384. The molecule has 0 radical (unpaired) electrons. The van der Waals surface area contributed by atoms with Crippen LogP contribution in [0.1, 0.15) is 10.6 Å². The summed E-state index contributed by atoms with van der Waals surface area (Å²) < 4.78 is 5.32. The zero-order valence-electron chi connectivity index (χ0n) is 10.3. The summed E-state index contributed by atoms with van der Waals surface area (Å²) in [7, 11) is 1.30. The van der Waals surface area contributed by atoms with E-state index in [0.717, 1.165) is 0 Å². The van der Waals surface area contributed by atoms with Crippen LogP contribution in [0, 0.1) is 10.1 Å². The predicted molar refractivity (Wildman–Crippen MR) is 70.3 cm³/mol. The molecule has 1 heterocycles. The largest absolute Gasteiger partial charge is 0.451 e. The number of furan rings is 1. The van der Waals surface area contributed by atoms with Crippen LogP contribution < -0.4 is 5.48 Å².